The van der Waals surface area contributed by atoms with Crippen LogP contribution < -0.4 is 26.6 Å². The summed E-state index contributed by atoms with van der Waals surface area (Å²) in [6, 6.07) is 0. The van der Waals surface area contributed by atoms with Crippen LogP contribution in [0.5, 0.6) is 0 Å². The standard InChI is InChI=1S/C23H44N4O6.C8H20N4.C2HBO/c1-21(2,3)31-18(28)25-12-10-24-11-13-26(19(29)32-22(4,5)6)15-17-27(16-14-25)20(30)33-23(7,8)9;1-2-10-5-6-12-8-7-11-4-3-9-1;1-2-3-4/h24H,10-17H2,1-9H3;9-12H,1-8H2;1H. The number of nitrogens with one attached hydrogen (secondary N) is 5. The molecule has 0 spiro atoms. The van der Waals surface area contributed by atoms with Crippen LogP contribution in [0.3, 0.4) is 0 Å². The van der Waals surface area contributed by atoms with E-state index in [0.717, 1.165) is 52.4 Å². The molecule has 0 unspecified atom stereocenters. The molecule has 49 heavy (non-hydrogen) atoms. The largest absolute Gasteiger partial charge is 0.444 e. The molecule has 2 aliphatic heterocycles. The number of rotatable bonds is 0. The molecule has 282 valence electrons. The molecule has 0 aromatic carbocycles. The normalized spacial score (nSPS) is 17.9. The molecule has 0 aliphatic carbocycles. The third kappa shape index (κ3) is 27.5. The number of ether oxygens (including phenoxy) is 3. The third-order valence-electron chi connectivity index (χ3n) is 6.33. The van der Waals surface area contributed by atoms with Crippen molar-refractivity contribution >= 4 is 25.4 Å². The van der Waals surface area contributed by atoms with Crippen molar-refractivity contribution in [2.45, 2.75) is 79.1 Å². The van der Waals surface area contributed by atoms with Gasteiger partial charge in [0.15, 0.2) is 0 Å². The molecular weight excluding hydrogens is 631 g/mol. The van der Waals surface area contributed by atoms with Crippen LogP contribution in [-0.4, -0.2) is 162 Å². The summed E-state index contributed by atoms with van der Waals surface area (Å²) >= 11 is 0. The number of hydrogen-bond acceptors (Lipinski definition) is 12. The zero-order valence-corrected chi connectivity index (χ0v) is 31.7. The van der Waals surface area contributed by atoms with E-state index in [0.29, 0.717) is 33.3 Å². The van der Waals surface area contributed by atoms with Crippen LogP contribution in [0.25, 0.3) is 0 Å². The molecule has 2 heterocycles. The average Bonchev–Trinajstić information content (AvgIpc) is 2.95. The molecule has 2 aliphatic rings. The van der Waals surface area contributed by atoms with Crippen molar-refractivity contribution in [3.63, 3.8) is 0 Å². The monoisotopic (exact) mass is 697 g/mol. The first-order valence-corrected chi connectivity index (χ1v) is 17.3. The zero-order chi connectivity index (χ0) is 37.3. The molecule has 0 saturated carbocycles. The van der Waals surface area contributed by atoms with Crippen molar-refractivity contribution in [2.24, 2.45) is 0 Å². The minimum absolute atomic E-state index is 0.246. The molecule has 2 fully saturated rings. The Labute approximate surface area is 295 Å². The second-order valence-electron chi connectivity index (χ2n) is 14.4. The van der Waals surface area contributed by atoms with Gasteiger partial charge in [-0.1, -0.05) is 0 Å². The van der Waals surface area contributed by atoms with Crippen molar-refractivity contribution in [3.8, 4) is 12.2 Å². The number of terminal acetylenes is 1. The van der Waals surface area contributed by atoms with Gasteiger partial charge < -0.3 is 55.5 Å². The van der Waals surface area contributed by atoms with E-state index in [9.17, 15) is 14.4 Å². The van der Waals surface area contributed by atoms with Gasteiger partial charge in [-0.3, -0.25) is 0 Å². The SMILES string of the molecule is C#CB=O.C1CNCCNCCNCCN1.CC(C)(C)OC(=O)N1CCNCCN(C(=O)OC(C)(C)C)CCN(C(=O)OC(C)(C)C)CC1. The van der Waals surface area contributed by atoms with Gasteiger partial charge in [0, 0.05) is 105 Å². The smallest absolute Gasteiger partial charge is 0.410 e. The Bertz CT molecular complexity index is 908. The minimum atomic E-state index is -0.666. The van der Waals surface area contributed by atoms with Crippen LogP contribution in [0.2, 0.25) is 0 Å². The van der Waals surface area contributed by atoms with Crippen LogP contribution in [-0.2, 0) is 18.9 Å². The first-order chi connectivity index (χ1) is 22.9. The predicted molar refractivity (Wildman–Crippen MR) is 193 cm³/mol. The molecule has 0 atom stereocenters. The van der Waals surface area contributed by atoms with Crippen LogP contribution in [0.15, 0.2) is 0 Å². The summed E-state index contributed by atoms with van der Waals surface area (Å²) in [6.07, 6.45) is 3.06. The number of nitrogens with zero attached hydrogens (tertiary/aromatic N) is 3. The second-order valence-corrected chi connectivity index (χ2v) is 14.4. The van der Waals surface area contributed by atoms with E-state index in [1.165, 1.54) is 4.90 Å². The van der Waals surface area contributed by atoms with Crippen LogP contribution in [0.4, 0.5) is 14.4 Å². The Kier molecular flexibility index (Phi) is 23.5. The van der Waals surface area contributed by atoms with E-state index in [2.05, 4.69) is 33.0 Å². The van der Waals surface area contributed by atoms with Crippen LogP contribution in [0.1, 0.15) is 62.3 Å². The molecule has 0 radical (unpaired) electrons. The third-order valence-corrected chi connectivity index (χ3v) is 6.33. The fraction of sp³-hybridized carbons (Fsp3) is 0.848. The first kappa shape index (κ1) is 46.0. The molecule has 0 aromatic rings. The Morgan fingerprint density at radius 3 is 0.898 bits per heavy atom. The van der Waals surface area contributed by atoms with E-state index in [-0.39, 0.29) is 26.2 Å². The predicted octanol–water partition coefficient (Wildman–Crippen LogP) is 1.29. The fourth-order valence-corrected chi connectivity index (χ4v) is 4.11. The van der Waals surface area contributed by atoms with Crippen molar-refractivity contribution in [3.05, 3.63) is 0 Å². The maximum atomic E-state index is 12.9. The Balaban J connectivity index is 0.00000118. The van der Waals surface area contributed by atoms with E-state index in [1.807, 2.05) is 41.5 Å². The maximum absolute atomic E-state index is 12.9. The molecule has 5 N–H and O–H groups in total. The summed E-state index contributed by atoms with van der Waals surface area (Å²) in [7, 11) is 0.403. The first-order valence-electron chi connectivity index (χ1n) is 17.3. The van der Waals surface area contributed by atoms with Gasteiger partial charge in [-0.2, -0.15) is 0 Å². The van der Waals surface area contributed by atoms with Gasteiger partial charge in [-0.15, -0.1) is 0 Å². The van der Waals surface area contributed by atoms with Gasteiger partial charge in [-0.25, -0.2) is 14.4 Å². The quantitative estimate of drug-likeness (QED) is 0.140. The molecule has 2 rings (SSSR count). The van der Waals surface area contributed by atoms with Gasteiger partial charge in [-0.05, 0) is 62.3 Å². The molecule has 3 amide bonds. The summed E-state index contributed by atoms with van der Waals surface area (Å²) in [4.78, 5) is 42.9. The van der Waals surface area contributed by atoms with E-state index >= 15 is 0 Å². The minimum Gasteiger partial charge on any atom is -0.444 e. The molecule has 2 saturated heterocycles. The molecule has 0 aromatic heterocycles. The molecule has 16 heteroatoms. The summed E-state index contributed by atoms with van der Waals surface area (Å²) in [5.41, 5.74) is -1.90. The Morgan fingerprint density at radius 1 is 0.490 bits per heavy atom. The topological polar surface area (TPSA) is 166 Å². The van der Waals surface area contributed by atoms with Gasteiger partial charge in [0.1, 0.15) is 16.8 Å². The molecular formula is C33H65BN8O7. The maximum Gasteiger partial charge on any atom is 0.410 e. The number of amides is 3. The number of carbonyl (C=O) groups excluding carboxylic acids is 3. The van der Waals surface area contributed by atoms with Crippen molar-refractivity contribution < 1.29 is 33.3 Å². The van der Waals surface area contributed by atoms with Crippen LogP contribution in [0, 0.1) is 12.2 Å². The summed E-state index contributed by atoms with van der Waals surface area (Å²) in [5, 5.41) is 16.7. The van der Waals surface area contributed by atoms with Crippen molar-refractivity contribution in [1.29, 1.82) is 0 Å². The van der Waals surface area contributed by atoms with E-state index < -0.39 is 35.1 Å². The zero-order valence-electron chi connectivity index (χ0n) is 31.7. The second kappa shape index (κ2) is 25.1. The number of carbonyl (C=O) groups is 3. The average molecular weight is 697 g/mol. The summed E-state index contributed by atoms with van der Waals surface area (Å²) in [5.74, 6) is 1.75. The van der Waals surface area contributed by atoms with Gasteiger partial charge in [0.25, 0.3) is 0 Å². The van der Waals surface area contributed by atoms with Crippen LogP contribution >= 0.6 is 0 Å². The van der Waals surface area contributed by atoms with Gasteiger partial charge in [0.2, 0.25) is 0 Å². The fourth-order valence-electron chi connectivity index (χ4n) is 4.11. The van der Waals surface area contributed by atoms with Crippen molar-refractivity contribution in [1.82, 2.24) is 41.3 Å². The summed E-state index contributed by atoms with van der Waals surface area (Å²) in [6.45, 7) is 27.8. The molecule has 15 nitrogen and oxygen atoms in total. The van der Waals surface area contributed by atoms with Crippen molar-refractivity contribution in [2.75, 3.05) is 105 Å². The van der Waals surface area contributed by atoms with Gasteiger partial charge in [0.05, 0.1) is 0 Å². The number of hydrogen-bond donors (Lipinski definition) is 5. The summed E-state index contributed by atoms with van der Waals surface area (Å²) < 4.78 is 25.6. The van der Waals surface area contributed by atoms with Gasteiger partial charge >= 0.3 is 42.4 Å². The Hall–Kier alpha value is -2.97. The Morgan fingerprint density at radius 2 is 0.694 bits per heavy atom. The van der Waals surface area contributed by atoms with E-state index in [4.69, 9.17) is 18.9 Å². The molecule has 0 bridgehead atoms. The van der Waals surface area contributed by atoms with E-state index in [1.54, 1.807) is 36.4 Å².